The maximum Gasteiger partial charge on any atom is 0.141 e. The number of ether oxygens (including phenoxy) is 1. The Hall–Kier alpha value is -1.28. The molecule has 2 aromatic rings. The number of hydrogen-bond acceptors (Lipinski definition) is 1. The van der Waals surface area contributed by atoms with Crippen molar-refractivity contribution >= 4 is 15.9 Å². The van der Waals surface area contributed by atoms with Crippen LogP contribution in [0.5, 0.6) is 5.75 Å². The third kappa shape index (κ3) is 2.83. The SMILES string of the molecule is Brc1ccc[c]c1OCc1ccccc1. The smallest absolute Gasteiger partial charge is 0.141 e. The van der Waals surface area contributed by atoms with Crippen LogP contribution < -0.4 is 4.74 Å². The molecule has 2 heteroatoms. The van der Waals surface area contributed by atoms with E-state index in [1.807, 2.05) is 48.5 Å². The molecular weight excluding hydrogens is 252 g/mol. The van der Waals surface area contributed by atoms with E-state index in [4.69, 9.17) is 4.74 Å². The molecule has 0 aromatic heterocycles. The molecule has 0 saturated carbocycles. The summed E-state index contributed by atoms with van der Waals surface area (Å²) in [5, 5.41) is 0. The minimum absolute atomic E-state index is 0.569. The highest BCUT2D eigenvalue weighted by Gasteiger charge is 1.99. The van der Waals surface area contributed by atoms with E-state index in [-0.39, 0.29) is 0 Å². The molecule has 0 saturated heterocycles. The van der Waals surface area contributed by atoms with Gasteiger partial charge >= 0.3 is 0 Å². The average molecular weight is 262 g/mol. The zero-order valence-corrected chi connectivity index (χ0v) is 9.70. The van der Waals surface area contributed by atoms with Gasteiger partial charge in [0.2, 0.25) is 0 Å². The number of para-hydroxylation sites is 1. The fraction of sp³-hybridized carbons (Fsp3) is 0.0769. The third-order valence-corrected chi connectivity index (χ3v) is 2.62. The lowest BCUT2D eigenvalue weighted by Gasteiger charge is -2.07. The quantitative estimate of drug-likeness (QED) is 0.816. The number of hydrogen-bond donors (Lipinski definition) is 0. The molecule has 0 spiro atoms. The van der Waals surface area contributed by atoms with E-state index in [0.29, 0.717) is 6.61 Å². The van der Waals surface area contributed by atoms with E-state index in [2.05, 4.69) is 22.0 Å². The fourth-order valence-corrected chi connectivity index (χ4v) is 1.62. The molecule has 0 atom stereocenters. The Labute approximate surface area is 97.8 Å². The summed E-state index contributed by atoms with van der Waals surface area (Å²) in [5.74, 6) is 0.751. The zero-order chi connectivity index (χ0) is 10.5. The van der Waals surface area contributed by atoms with E-state index in [1.54, 1.807) is 0 Å². The number of rotatable bonds is 3. The van der Waals surface area contributed by atoms with Crippen molar-refractivity contribution in [2.75, 3.05) is 0 Å². The van der Waals surface area contributed by atoms with E-state index in [0.717, 1.165) is 15.8 Å². The van der Waals surface area contributed by atoms with Gasteiger partial charge < -0.3 is 4.74 Å². The normalized spacial score (nSPS) is 9.93. The van der Waals surface area contributed by atoms with Gasteiger partial charge in [-0.3, -0.25) is 0 Å². The maximum absolute atomic E-state index is 5.62. The molecule has 0 N–H and O–H groups in total. The van der Waals surface area contributed by atoms with Gasteiger partial charge in [-0.2, -0.15) is 0 Å². The molecule has 0 bridgehead atoms. The van der Waals surface area contributed by atoms with E-state index >= 15 is 0 Å². The molecule has 0 aliphatic carbocycles. The lowest BCUT2D eigenvalue weighted by atomic mass is 10.2. The topological polar surface area (TPSA) is 9.23 Å². The van der Waals surface area contributed by atoms with Crippen LogP contribution in [-0.4, -0.2) is 0 Å². The highest BCUT2D eigenvalue weighted by atomic mass is 79.9. The first-order valence-corrected chi connectivity index (χ1v) is 5.48. The second-order valence-electron chi connectivity index (χ2n) is 3.12. The molecule has 0 amide bonds. The van der Waals surface area contributed by atoms with Gasteiger partial charge in [0.1, 0.15) is 12.4 Å². The van der Waals surface area contributed by atoms with Crippen molar-refractivity contribution in [3.05, 3.63) is 64.6 Å². The Balaban J connectivity index is 2.03. The summed E-state index contributed by atoms with van der Waals surface area (Å²) in [4.78, 5) is 0. The molecule has 15 heavy (non-hydrogen) atoms. The van der Waals surface area contributed by atoms with Crippen molar-refractivity contribution in [2.45, 2.75) is 6.61 Å². The van der Waals surface area contributed by atoms with Gasteiger partial charge in [0.25, 0.3) is 0 Å². The van der Waals surface area contributed by atoms with E-state index < -0.39 is 0 Å². The molecule has 0 unspecified atom stereocenters. The average Bonchev–Trinajstić information content (AvgIpc) is 2.29. The van der Waals surface area contributed by atoms with Gasteiger partial charge in [-0.25, -0.2) is 0 Å². The lowest BCUT2D eigenvalue weighted by Crippen LogP contribution is -1.95. The molecule has 2 aromatic carbocycles. The molecule has 0 aliphatic rings. The summed E-state index contributed by atoms with van der Waals surface area (Å²) >= 11 is 3.41. The second kappa shape index (κ2) is 4.99. The first-order chi connectivity index (χ1) is 7.36. The van der Waals surface area contributed by atoms with Gasteiger partial charge in [-0.15, -0.1) is 0 Å². The van der Waals surface area contributed by atoms with Crippen LogP contribution in [0.1, 0.15) is 5.56 Å². The Kier molecular flexibility index (Phi) is 3.41. The van der Waals surface area contributed by atoms with Crippen LogP contribution in [0.3, 0.4) is 0 Å². The first-order valence-electron chi connectivity index (χ1n) is 4.69. The summed E-state index contributed by atoms with van der Waals surface area (Å²) in [6.45, 7) is 0.569. The number of halogens is 1. The van der Waals surface area contributed by atoms with Gasteiger partial charge in [0, 0.05) is 6.07 Å². The zero-order valence-electron chi connectivity index (χ0n) is 8.11. The highest BCUT2D eigenvalue weighted by Crippen LogP contribution is 2.23. The van der Waals surface area contributed by atoms with Gasteiger partial charge in [-0.05, 0) is 27.6 Å². The molecule has 0 fully saturated rings. The predicted molar refractivity (Wildman–Crippen MR) is 63.8 cm³/mol. The largest absolute Gasteiger partial charge is 0.487 e. The Morgan fingerprint density at radius 2 is 1.87 bits per heavy atom. The number of benzene rings is 2. The summed E-state index contributed by atoms with van der Waals surface area (Å²) in [6, 6.07) is 18.8. The second-order valence-corrected chi connectivity index (χ2v) is 3.98. The van der Waals surface area contributed by atoms with Crippen LogP contribution in [0.15, 0.2) is 53.0 Å². The van der Waals surface area contributed by atoms with Crippen molar-refractivity contribution in [1.82, 2.24) is 0 Å². The molecule has 0 aliphatic heterocycles. The van der Waals surface area contributed by atoms with Gasteiger partial charge in [-0.1, -0.05) is 42.5 Å². The van der Waals surface area contributed by atoms with Crippen LogP contribution in [0.25, 0.3) is 0 Å². The molecule has 0 heterocycles. The lowest BCUT2D eigenvalue weighted by molar-refractivity contribution is 0.303. The maximum atomic E-state index is 5.62. The van der Waals surface area contributed by atoms with Crippen LogP contribution in [-0.2, 0) is 6.61 Å². The molecule has 1 nitrogen and oxygen atoms in total. The van der Waals surface area contributed by atoms with Crippen molar-refractivity contribution in [2.24, 2.45) is 0 Å². The minimum atomic E-state index is 0.569. The van der Waals surface area contributed by atoms with Crippen molar-refractivity contribution in [3.63, 3.8) is 0 Å². The fourth-order valence-electron chi connectivity index (χ4n) is 1.24. The van der Waals surface area contributed by atoms with Crippen molar-refractivity contribution in [1.29, 1.82) is 0 Å². The Morgan fingerprint density at radius 1 is 1.07 bits per heavy atom. The van der Waals surface area contributed by atoms with Gasteiger partial charge in [0.15, 0.2) is 0 Å². The molecule has 2 rings (SSSR count). The van der Waals surface area contributed by atoms with Crippen molar-refractivity contribution < 1.29 is 4.74 Å². The third-order valence-electron chi connectivity index (χ3n) is 2.00. The highest BCUT2D eigenvalue weighted by molar-refractivity contribution is 9.10. The minimum Gasteiger partial charge on any atom is -0.487 e. The summed E-state index contributed by atoms with van der Waals surface area (Å²) in [5.41, 5.74) is 1.15. The molecule has 1 radical (unpaired) electrons. The molecular formula is C13H10BrO. The Morgan fingerprint density at radius 3 is 2.60 bits per heavy atom. The predicted octanol–water partition coefficient (Wildman–Crippen LogP) is 3.83. The summed E-state index contributed by atoms with van der Waals surface area (Å²) in [6.07, 6.45) is 0. The van der Waals surface area contributed by atoms with Gasteiger partial charge in [0.05, 0.1) is 4.47 Å². The van der Waals surface area contributed by atoms with Crippen LogP contribution >= 0.6 is 15.9 Å². The summed E-state index contributed by atoms with van der Waals surface area (Å²) < 4.78 is 6.55. The standard InChI is InChI=1S/C13H10BrO/c14-12-8-4-5-9-13(12)15-10-11-6-2-1-3-7-11/h1-8H,10H2. The van der Waals surface area contributed by atoms with Crippen LogP contribution in [0.2, 0.25) is 0 Å². The van der Waals surface area contributed by atoms with Crippen molar-refractivity contribution in [3.8, 4) is 5.75 Å². The monoisotopic (exact) mass is 261 g/mol. The van der Waals surface area contributed by atoms with E-state index in [1.165, 1.54) is 0 Å². The van der Waals surface area contributed by atoms with Crippen LogP contribution in [0, 0.1) is 6.07 Å². The Bertz CT molecular complexity index is 426. The first kappa shape index (κ1) is 10.2. The van der Waals surface area contributed by atoms with Crippen LogP contribution in [0.4, 0.5) is 0 Å². The summed E-state index contributed by atoms with van der Waals surface area (Å²) in [7, 11) is 0. The molecule has 75 valence electrons. The van der Waals surface area contributed by atoms with E-state index in [9.17, 15) is 0 Å².